The molecule has 0 unspecified atom stereocenters. The lowest BCUT2D eigenvalue weighted by molar-refractivity contribution is -0.389. The summed E-state index contributed by atoms with van der Waals surface area (Å²) in [4.78, 5) is 42.6. The van der Waals surface area contributed by atoms with E-state index in [1.54, 1.807) is 48.5 Å². The first-order valence-electron chi connectivity index (χ1n) is 7.98. The van der Waals surface area contributed by atoms with Gasteiger partial charge in [-0.2, -0.15) is 0 Å². The van der Waals surface area contributed by atoms with Crippen molar-refractivity contribution < 1.29 is 19.4 Å². The molecule has 3 aromatic carbocycles. The summed E-state index contributed by atoms with van der Waals surface area (Å²) in [5.74, 6) is -0.932. The van der Waals surface area contributed by atoms with Crippen LogP contribution in [0.2, 0.25) is 0 Å². The largest absolute Gasteiger partial charge is 0.285 e. The van der Waals surface area contributed by atoms with E-state index in [2.05, 4.69) is 0 Å². The first-order valence-corrected chi connectivity index (χ1v) is 7.98. The number of ketones is 2. The van der Waals surface area contributed by atoms with E-state index in [4.69, 9.17) is 0 Å². The van der Waals surface area contributed by atoms with Crippen molar-refractivity contribution in [1.29, 1.82) is 0 Å². The van der Waals surface area contributed by atoms with Crippen LogP contribution in [0.1, 0.15) is 20.7 Å². The molecule has 0 aliphatic rings. The molecule has 3 aromatic rings. The van der Waals surface area contributed by atoms with Gasteiger partial charge in [-0.3, -0.25) is 29.8 Å². The van der Waals surface area contributed by atoms with Gasteiger partial charge in [0.1, 0.15) is 0 Å². The molecule has 0 aliphatic carbocycles. The van der Waals surface area contributed by atoms with Crippen LogP contribution in [-0.4, -0.2) is 21.4 Å². The van der Waals surface area contributed by atoms with Crippen LogP contribution in [-0.2, 0) is 0 Å². The molecular formula is C20H14N2O6. The normalized spacial score (nSPS) is 9.57. The zero-order valence-corrected chi connectivity index (χ0v) is 14.4. The standard InChI is InChI=1S/C14H10O2.C6H4N2O4/c15-13(11-7-3-1-4-8-11)14(16)12-9-5-2-6-10-12;9-7(10)5-1-2-6(4-3-5)8(11)12/h1-10H;1-4H. The Morgan fingerprint density at radius 3 is 1.07 bits per heavy atom. The molecule has 8 heteroatoms. The van der Waals surface area contributed by atoms with Crippen LogP contribution in [0, 0.1) is 20.2 Å². The van der Waals surface area contributed by atoms with Crippen LogP contribution < -0.4 is 0 Å². The van der Waals surface area contributed by atoms with Gasteiger partial charge in [0.15, 0.2) is 0 Å². The zero-order valence-electron chi connectivity index (χ0n) is 14.4. The van der Waals surface area contributed by atoms with E-state index in [1.165, 1.54) is 0 Å². The summed E-state index contributed by atoms with van der Waals surface area (Å²) in [5, 5.41) is 20.2. The summed E-state index contributed by atoms with van der Waals surface area (Å²) in [6.07, 6.45) is 0. The second-order valence-electron chi connectivity index (χ2n) is 5.42. The van der Waals surface area contributed by atoms with Crippen LogP contribution in [0.5, 0.6) is 0 Å². The average molecular weight is 378 g/mol. The van der Waals surface area contributed by atoms with Crippen molar-refractivity contribution >= 4 is 22.9 Å². The van der Waals surface area contributed by atoms with Gasteiger partial charge in [-0.05, 0) is 0 Å². The Morgan fingerprint density at radius 1 is 0.536 bits per heavy atom. The number of carbonyl (C=O) groups is 2. The third-order valence-corrected chi connectivity index (χ3v) is 3.55. The second-order valence-corrected chi connectivity index (χ2v) is 5.42. The van der Waals surface area contributed by atoms with Gasteiger partial charge in [0.25, 0.3) is 11.4 Å². The first kappa shape index (κ1) is 20.1. The molecule has 0 amide bonds. The SMILES string of the molecule is O=C(C(=O)c1ccccc1)c1ccccc1.O=[N+]([O-])c1ccc([N+](=O)[O-])cc1. The molecule has 0 N–H and O–H groups in total. The molecule has 0 aliphatic heterocycles. The molecule has 0 atom stereocenters. The highest BCUT2D eigenvalue weighted by atomic mass is 16.6. The van der Waals surface area contributed by atoms with Crippen LogP contribution in [0.4, 0.5) is 11.4 Å². The Balaban J connectivity index is 0.000000209. The van der Waals surface area contributed by atoms with Crippen LogP contribution in [0.3, 0.4) is 0 Å². The van der Waals surface area contributed by atoms with Crippen LogP contribution in [0.15, 0.2) is 84.9 Å². The van der Waals surface area contributed by atoms with Gasteiger partial charge in [0.2, 0.25) is 11.6 Å². The van der Waals surface area contributed by atoms with Crippen molar-refractivity contribution in [2.45, 2.75) is 0 Å². The van der Waals surface area contributed by atoms with Gasteiger partial charge in [-0.15, -0.1) is 0 Å². The number of non-ortho nitro benzene ring substituents is 2. The number of hydrogen-bond donors (Lipinski definition) is 0. The summed E-state index contributed by atoms with van der Waals surface area (Å²) >= 11 is 0. The lowest BCUT2D eigenvalue weighted by atomic mass is 10.0. The summed E-state index contributed by atoms with van der Waals surface area (Å²) in [6, 6.07) is 21.5. The number of rotatable bonds is 5. The number of hydrogen-bond acceptors (Lipinski definition) is 6. The van der Waals surface area contributed by atoms with Crippen molar-refractivity contribution in [3.63, 3.8) is 0 Å². The molecule has 0 saturated carbocycles. The van der Waals surface area contributed by atoms with Gasteiger partial charge < -0.3 is 0 Å². The maximum Gasteiger partial charge on any atom is 0.269 e. The van der Waals surface area contributed by atoms with E-state index >= 15 is 0 Å². The van der Waals surface area contributed by atoms with E-state index in [9.17, 15) is 29.8 Å². The van der Waals surface area contributed by atoms with Crippen molar-refractivity contribution in [2.24, 2.45) is 0 Å². The summed E-state index contributed by atoms with van der Waals surface area (Å²) < 4.78 is 0. The van der Waals surface area contributed by atoms with Gasteiger partial charge in [0, 0.05) is 35.4 Å². The molecule has 0 saturated heterocycles. The van der Waals surface area contributed by atoms with Crippen molar-refractivity contribution in [3.05, 3.63) is 116 Å². The molecule has 0 heterocycles. The number of carbonyl (C=O) groups excluding carboxylic acids is 2. The van der Waals surface area contributed by atoms with Gasteiger partial charge >= 0.3 is 0 Å². The Hall–Kier alpha value is -4.20. The maximum absolute atomic E-state index is 11.8. The van der Waals surface area contributed by atoms with Gasteiger partial charge in [-0.25, -0.2) is 0 Å². The van der Waals surface area contributed by atoms with Gasteiger partial charge in [-0.1, -0.05) is 60.7 Å². The number of nitro benzene ring substituents is 2. The Kier molecular flexibility index (Phi) is 6.81. The van der Waals surface area contributed by atoms with E-state index in [0.717, 1.165) is 24.3 Å². The maximum atomic E-state index is 11.8. The van der Waals surface area contributed by atoms with Crippen LogP contribution in [0.25, 0.3) is 0 Å². The molecule has 140 valence electrons. The fourth-order valence-corrected chi connectivity index (χ4v) is 2.14. The third-order valence-electron chi connectivity index (χ3n) is 3.55. The molecule has 28 heavy (non-hydrogen) atoms. The van der Waals surface area contributed by atoms with E-state index in [1.807, 2.05) is 12.1 Å². The topological polar surface area (TPSA) is 120 Å². The number of nitrogens with zero attached hydrogens (tertiary/aromatic N) is 2. The quantitative estimate of drug-likeness (QED) is 0.283. The molecule has 0 bridgehead atoms. The smallest absolute Gasteiger partial charge is 0.269 e. The second kappa shape index (κ2) is 9.48. The minimum absolute atomic E-state index is 0.152. The fourth-order valence-electron chi connectivity index (χ4n) is 2.14. The highest BCUT2D eigenvalue weighted by Crippen LogP contribution is 2.16. The minimum Gasteiger partial charge on any atom is -0.285 e. The van der Waals surface area contributed by atoms with Crippen molar-refractivity contribution in [1.82, 2.24) is 0 Å². The minimum atomic E-state index is -0.607. The first-order chi connectivity index (χ1) is 13.4. The van der Waals surface area contributed by atoms with Gasteiger partial charge in [0.05, 0.1) is 9.85 Å². The third kappa shape index (κ3) is 5.40. The monoisotopic (exact) mass is 378 g/mol. The molecule has 3 rings (SSSR count). The van der Waals surface area contributed by atoms with E-state index in [-0.39, 0.29) is 11.4 Å². The van der Waals surface area contributed by atoms with Crippen molar-refractivity contribution in [2.75, 3.05) is 0 Å². The molecular weight excluding hydrogens is 364 g/mol. The zero-order chi connectivity index (χ0) is 20.5. The van der Waals surface area contributed by atoms with E-state index < -0.39 is 21.4 Å². The van der Waals surface area contributed by atoms with Crippen molar-refractivity contribution in [3.8, 4) is 0 Å². The lowest BCUT2D eigenvalue weighted by Crippen LogP contribution is -2.14. The molecule has 0 radical (unpaired) electrons. The highest BCUT2D eigenvalue weighted by Gasteiger charge is 2.17. The summed E-state index contributed by atoms with van der Waals surface area (Å²) in [7, 11) is 0. The summed E-state index contributed by atoms with van der Waals surface area (Å²) in [5.41, 5.74) is 0.550. The Morgan fingerprint density at radius 2 is 0.821 bits per heavy atom. The number of Topliss-reactive ketones (excluding diaryl/α,β-unsaturated/α-hetero) is 2. The molecule has 0 fully saturated rings. The predicted molar refractivity (Wildman–Crippen MR) is 101 cm³/mol. The Labute approximate surface area is 159 Å². The highest BCUT2D eigenvalue weighted by molar-refractivity contribution is 6.49. The Bertz CT molecular complexity index is 904. The lowest BCUT2D eigenvalue weighted by Gasteiger charge is -1.99. The number of benzene rings is 3. The van der Waals surface area contributed by atoms with Crippen LogP contribution >= 0.6 is 0 Å². The molecule has 0 spiro atoms. The summed E-state index contributed by atoms with van der Waals surface area (Å²) in [6.45, 7) is 0. The molecule has 0 aromatic heterocycles. The predicted octanol–water partition coefficient (Wildman–Crippen LogP) is 4.26. The average Bonchev–Trinajstić information content (AvgIpc) is 2.74. The van der Waals surface area contributed by atoms with E-state index in [0.29, 0.717) is 11.1 Å². The number of nitro groups is 2. The molecule has 8 nitrogen and oxygen atoms in total. The fraction of sp³-hybridized carbons (Fsp3) is 0.